The van der Waals surface area contributed by atoms with Crippen molar-refractivity contribution in [2.45, 2.75) is 175 Å². The van der Waals surface area contributed by atoms with Crippen LogP contribution in [0.5, 0.6) is 5.75 Å². The standard InChI is InChI=1S/C35H63NO2/c1-8-9-10-11-12-13-14-15-16-17-18-19-20-21-22-23-24-28(33(36)38)25-29-26-30(34(2,3)4)27-31(32(29)37)35(5,6)7/h26-28,37H,8-25H2,1-7H3,(H2,36,38). The molecule has 1 unspecified atom stereocenters. The summed E-state index contributed by atoms with van der Waals surface area (Å²) in [4.78, 5) is 12.3. The van der Waals surface area contributed by atoms with E-state index < -0.39 is 0 Å². The lowest BCUT2D eigenvalue weighted by atomic mass is 9.77. The highest BCUT2D eigenvalue weighted by Gasteiger charge is 2.27. The van der Waals surface area contributed by atoms with Crippen molar-refractivity contribution in [3.63, 3.8) is 0 Å². The third-order valence-corrected chi connectivity index (χ3v) is 8.14. The molecule has 0 radical (unpaired) electrons. The van der Waals surface area contributed by atoms with E-state index in [-0.39, 0.29) is 22.7 Å². The second-order valence-electron chi connectivity index (χ2n) is 13.9. The molecule has 0 aromatic heterocycles. The minimum Gasteiger partial charge on any atom is -0.507 e. The lowest BCUT2D eigenvalue weighted by molar-refractivity contribution is -0.122. The molecule has 0 aliphatic carbocycles. The van der Waals surface area contributed by atoms with E-state index in [0.717, 1.165) is 30.4 Å². The fourth-order valence-corrected chi connectivity index (χ4v) is 5.40. The quantitative estimate of drug-likeness (QED) is 0.165. The molecule has 38 heavy (non-hydrogen) atoms. The number of phenolic OH excluding ortho intramolecular Hbond substituents is 1. The van der Waals surface area contributed by atoms with Crippen LogP contribution in [-0.2, 0) is 22.0 Å². The van der Waals surface area contributed by atoms with Crippen LogP contribution in [0.25, 0.3) is 0 Å². The summed E-state index contributed by atoms with van der Waals surface area (Å²) in [5.74, 6) is -0.136. The molecule has 1 aromatic carbocycles. The molecule has 3 nitrogen and oxygen atoms in total. The zero-order chi connectivity index (χ0) is 28.6. The maximum atomic E-state index is 12.3. The molecule has 0 fully saturated rings. The summed E-state index contributed by atoms with van der Waals surface area (Å²) in [6.07, 6.45) is 22.8. The first-order chi connectivity index (χ1) is 17.9. The van der Waals surface area contributed by atoms with E-state index in [1.807, 2.05) is 0 Å². The van der Waals surface area contributed by atoms with Gasteiger partial charge in [0.2, 0.25) is 5.91 Å². The third kappa shape index (κ3) is 14.0. The average Bonchev–Trinajstić information content (AvgIpc) is 2.82. The van der Waals surface area contributed by atoms with Crippen molar-refractivity contribution in [1.82, 2.24) is 0 Å². The van der Waals surface area contributed by atoms with Crippen molar-refractivity contribution in [2.24, 2.45) is 11.7 Å². The number of hydrogen-bond donors (Lipinski definition) is 2. The molecular formula is C35H63NO2. The van der Waals surface area contributed by atoms with E-state index in [1.54, 1.807) is 0 Å². The molecule has 0 spiro atoms. The van der Waals surface area contributed by atoms with Gasteiger partial charge < -0.3 is 10.8 Å². The lowest BCUT2D eigenvalue weighted by Crippen LogP contribution is -2.26. The Morgan fingerprint density at radius 2 is 1.13 bits per heavy atom. The van der Waals surface area contributed by atoms with E-state index in [4.69, 9.17) is 5.73 Å². The molecule has 0 heterocycles. The van der Waals surface area contributed by atoms with Crippen LogP contribution < -0.4 is 5.73 Å². The fraction of sp³-hybridized carbons (Fsp3) is 0.800. The number of benzene rings is 1. The maximum absolute atomic E-state index is 12.3. The predicted molar refractivity (Wildman–Crippen MR) is 166 cm³/mol. The zero-order valence-corrected chi connectivity index (χ0v) is 26.4. The average molecular weight is 530 g/mol. The van der Waals surface area contributed by atoms with Crippen molar-refractivity contribution in [2.75, 3.05) is 0 Å². The molecular weight excluding hydrogens is 466 g/mol. The van der Waals surface area contributed by atoms with Gasteiger partial charge in [0.05, 0.1) is 0 Å². The van der Waals surface area contributed by atoms with Gasteiger partial charge >= 0.3 is 0 Å². The zero-order valence-electron chi connectivity index (χ0n) is 26.4. The number of hydrogen-bond acceptors (Lipinski definition) is 2. The number of primary amides is 1. The van der Waals surface area contributed by atoms with Gasteiger partial charge in [-0.1, -0.05) is 163 Å². The fourth-order valence-electron chi connectivity index (χ4n) is 5.40. The molecule has 220 valence electrons. The highest BCUT2D eigenvalue weighted by atomic mass is 16.3. The summed E-state index contributed by atoms with van der Waals surface area (Å²) in [5.41, 5.74) is 8.64. The van der Waals surface area contributed by atoms with Gasteiger partial charge in [0.15, 0.2) is 0 Å². The van der Waals surface area contributed by atoms with Crippen LogP contribution in [0.3, 0.4) is 0 Å². The molecule has 3 heteroatoms. The number of rotatable bonds is 20. The Kier molecular flexibility index (Phi) is 16.3. The first-order valence-electron chi connectivity index (χ1n) is 16.0. The highest BCUT2D eigenvalue weighted by Crippen LogP contribution is 2.39. The minimum absolute atomic E-state index is 0.0292. The number of amides is 1. The molecule has 1 aromatic rings. The Morgan fingerprint density at radius 3 is 1.50 bits per heavy atom. The van der Waals surface area contributed by atoms with Gasteiger partial charge in [-0.05, 0) is 40.4 Å². The molecule has 0 aliphatic rings. The van der Waals surface area contributed by atoms with Gasteiger partial charge in [-0.2, -0.15) is 0 Å². The first kappa shape index (κ1) is 34.5. The van der Waals surface area contributed by atoms with E-state index >= 15 is 0 Å². The van der Waals surface area contributed by atoms with Gasteiger partial charge in [0.1, 0.15) is 5.75 Å². The van der Waals surface area contributed by atoms with Crippen LogP contribution in [0, 0.1) is 5.92 Å². The van der Waals surface area contributed by atoms with Crippen LogP contribution in [0.2, 0.25) is 0 Å². The smallest absolute Gasteiger partial charge is 0.220 e. The summed E-state index contributed by atoms with van der Waals surface area (Å²) in [7, 11) is 0. The first-order valence-corrected chi connectivity index (χ1v) is 16.0. The molecule has 1 atom stereocenters. The Balaban J connectivity index is 2.36. The summed E-state index contributed by atoms with van der Waals surface area (Å²) < 4.78 is 0. The molecule has 1 rings (SSSR count). The summed E-state index contributed by atoms with van der Waals surface area (Å²) in [6, 6.07) is 4.22. The number of nitrogens with two attached hydrogens (primary N) is 1. The number of carbonyl (C=O) groups excluding carboxylic acids is 1. The van der Waals surface area contributed by atoms with Crippen LogP contribution in [-0.4, -0.2) is 11.0 Å². The molecule has 0 aliphatic heterocycles. The largest absolute Gasteiger partial charge is 0.507 e. The lowest BCUT2D eigenvalue weighted by Gasteiger charge is -2.28. The highest BCUT2D eigenvalue weighted by molar-refractivity contribution is 5.77. The van der Waals surface area contributed by atoms with Crippen LogP contribution >= 0.6 is 0 Å². The number of unbranched alkanes of at least 4 members (excludes halogenated alkanes) is 15. The molecule has 0 saturated heterocycles. The van der Waals surface area contributed by atoms with Crippen molar-refractivity contribution in [3.05, 3.63) is 28.8 Å². The second-order valence-corrected chi connectivity index (χ2v) is 13.9. The summed E-state index contributed by atoms with van der Waals surface area (Å²) in [6.45, 7) is 15.2. The van der Waals surface area contributed by atoms with E-state index in [9.17, 15) is 9.90 Å². The van der Waals surface area contributed by atoms with Crippen LogP contribution in [0.1, 0.15) is 174 Å². The number of carbonyl (C=O) groups is 1. The van der Waals surface area contributed by atoms with Crippen molar-refractivity contribution >= 4 is 5.91 Å². The van der Waals surface area contributed by atoms with Crippen molar-refractivity contribution in [1.29, 1.82) is 0 Å². The Morgan fingerprint density at radius 1 is 0.711 bits per heavy atom. The number of phenols is 1. The van der Waals surface area contributed by atoms with Crippen molar-refractivity contribution < 1.29 is 9.90 Å². The van der Waals surface area contributed by atoms with Crippen molar-refractivity contribution in [3.8, 4) is 5.75 Å². The maximum Gasteiger partial charge on any atom is 0.220 e. The summed E-state index contributed by atoms with van der Waals surface area (Å²) >= 11 is 0. The predicted octanol–water partition coefficient (Wildman–Crippen LogP) is 10.3. The van der Waals surface area contributed by atoms with E-state index in [2.05, 4.69) is 60.6 Å². The second kappa shape index (κ2) is 18.0. The monoisotopic (exact) mass is 529 g/mol. The third-order valence-electron chi connectivity index (χ3n) is 8.14. The molecule has 0 bridgehead atoms. The Bertz CT molecular complexity index is 784. The van der Waals surface area contributed by atoms with Gasteiger partial charge in [0.25, 0.3) is 0 Å². The Labute approximate surface area is 236 Å². The van der Waals surface area contributed by atoms with Gasteiger partial charge in [0, 0.05) is 5.92 Å². The normalized spacial score (nSPS) is 13.1. The summed E-state index contributed by atoms with van der Waals surface area (Å²) in [5, 5.41) is 11.1. The van der Waals surface area contributed by atoms with Crippen LogP contribution in [0.4, 0.5) is 0 Å². The van der Waals surface area contributed by atoms with Gasteiger partial charge in [-0.15, -0.1) is 0 Å². The molecule has 0 saturated carbocycles. The van der Waals surface area contributed by atoms with Gasteiger partial charge in [-0.3, -0.25) is 4.79 Å². The van der Waals surface area contributed by atoms with E-state index in [1.165, 1.54) is 95.5 Å². The molecule has 1 amide bonds. The minimum atomic E-state index is -0.246. The van der Waals surface area contributed by atoms with E-state index in [0.29, 0.717) is 12.2 Å². The van der Waals surface area contributed by atoms with Crippen LogP contribution in [0.15, 0.2) is 12.1 Å². The number of aromatic hydroxyl groups is 1. The Hall–Kier alpha value is -1.51. The topological polar surface area (TPSA) is 63.3 Å². The SMILES string of the molecule is CCCCCCCCCCCCCCCCCCC(Cc1cc(C(C)(C)C)cc(C(C)(C)C)c1O)C(N)=O. The van der Waals surface area contributed by atoms with Gasteiger partial charge in [-0.25, -0.2) is 0 Å². The molecule has 3 N–H and O–H groups in total.